The first kappa shape index (κ1) is 25.3. The number of carbonyl (C=O) groups excluding carboxylic acids is 3. The molecule has 0 bridgehead atoms. The zero-order valence-electron chi connectivity index (χ0n) is 20.8. The fourth-order valence-corrected chi connectivity index (χ4v) is 4.65. The van der Waals surface area contributed by atoms with Crippen LogP contribution >= 0.6 is 0 Å². The summed E-state index contributed by atoms with van der Waals surface area (Å²) in [6.45, 7) is 7.40. The maximum atomic E-state index is 13.8. The molecule has 0 radical (unpaired) electrons. The standard InChI is InChI=1S/C26H33NO7/c1-8-14(3)34-26(30)21-15(4)27-17-11-13(2)20(25(29)33-7)24(28)23(17)22(21)16-9-10-18(31-5)19(12-16)32-6/h9-10,12-14,20,22,27H,8,11H2,1-7H3/t13-,14+,20-,22-/m1/s1. The maximum absolute atomic E-state index is 13.8. The number of carbonyl (C=O) groups is 3. The lowest BCUT2D eigenvalue weighted by Gasteiger charge is -2.38. The average molecular weight is 472 g/mol. The van der Waals surface area contributed by atoms with Gasteiger partial charge in [-0.3, -0.25) is 9.59 Å². The van der Waals surface area contributed by atoms with Crippen molar-refractivity contribution in [2.24, 2.45) is 11.8 Å². The molecule has 3 rings (SSSR count). The van der Waals surface area contributed by atoms with Crippen LogP contribution in [0.15, 0.2) is 40.7 Å². The Hall–Kier alpha value is -3.29. The van der Waals surface area contributed by atoms with Crippen molar-refractivity contribution in [3.05, 3.63) is 46.3 Å². The highest BCUT2D eigenvalue weighted by Crippen LogP contribution is 2.46. The monoisotopic (exact) mass is 471 g/mol. The fourth-order valence-electron chi connectivity index (χ4n) is 4.65. The van der Waals surface area contributed by atoms with Crippen molar-refractivity contribution >= 4 is 17.7 Å². The highest BCUT2D eigenvalue weighted by Gasteiger charge is 2.47. The first-order valence-electron chi connectivity index (χ1n) is 11.4. The van der Waals surface area contributed by atoms with Gasteiger partial charge in [-0.2, -0.15) is 0 Å². The number of benzene rings is 1. The molecule has 0 amide bonds. The molecular weight excluding hydrogens is 438 g/mol. The molecule has 1 heterocycles. The predicted molar refractivity (Wildman–Crippen MR) is 125 cm³/mol. The number of methoxy groups -OCH3 is 3. The van der Waals surface area contributed by atoms with Crippen LogP contribution in [0, 0.1) is 11.8 Å². The number of ether oxygens (including phenoxy) is 4. The summed E-state index contributed by atoms with van der Waals surface area (Å²) in [5.41, 5.74) is 2.69. The van der Waals surface area contributed by atoms with Crippen molar-refractivity contribution in [2.75, 3.05) is 21.3 Å². The van der Waals surface area contributed by atoms with E-state index >= 15 is 0 Å². The molecule has 1 aliphatic heterocycles. The summed E-state index contributed by atoms with van der Waals surface area (Å²) in [7, 11) is 4.33. The molecule has 0 fully saturated rings. The number of esters is 2. The topological polar surface area (TPSA) is 100 Å². The van der Waals surface area contributed by atoms with Crippen molar-refractivity contribution in [1.29, 1.82) is 0 Å². The van der Waals surface area contributed by atoms with Gasteiger partial charge in [-0.05, 0) is 50.3 Å². The van der Waals surface area contributed by atoms with Crippen LogP contribution in [0.5, 0.6) is 11.5 Å². The molecule has 34 heavy (non-hydrogen) atoms. The van der Waals surface area contributed by atoms with E-state index in [2.05, 4.69) is 5.32 Å². The lowest BCUT2D eigenvalue weighted by molar-refractivity contribution is -0.151. The van der Waals surface area contributed by atoms with Crippen LogP contribution in [-0.2, 0) is 23.9 Å². The molecule has 2 aliphatic rings. The molecule has 1 aliphatic carbocycles. The number of nitrogens with one attached hydrogen (secondary N) is 1. The van der Waals surface area contributed by atoms with Crippen molar-refractivity contribution < 1.29 is 33.3 Å². The van der Waals surface area contributed by atoms with Crippen LogP contribution < -0.4 is 14.8 Å². The number of allylic oxidation sites excluding steroid dienone is 3. The molecule has 1 aromatic carbocycles. The minimum Gasteiger partial charge on any atom is -0.493 e. The molecule has 0 spiro atoms. The van der Waals surface area contributed by atoms with Gasteiger partial charge in [-0.15, -0.1) is 0 Å². The summed E-state index contributed by atoms with van der Waals surface area (Å²) >= 11 is 0. The number of dihydropyridines is 1. The second-order valence-corrected chi connectivity index (χ2v) is 8.77. The number of hydrogen-bond donors (Lipinski definition) is 1. The zero-order chi connectivity index (χ0) is 25.2. The van der Waals surface area contributed by atoms with Crippen LogP contribution in [0.25, 0.3) is 0 Å². The number of hydrogen-bond acceptors (Lipinski definition) is 8. The largest absolute Gasteiger partial charge is 0.493 e. The molecule has 8 heteroatoms. The van der Waals surface area contributed by atoms with Crippen molar-refractivity contribution in [1.82, 2.24) is 5.32 Å². The van der Waals surface area contributed by atoms with Gasteiger partial charge in [0, 0.05) is 22.9 Å². The highest BCUT2D eigenvalue weighted by molar-refractivity contribution is 6.12. The van der Waals surface area contributed by atoms with Crippen molar-refractivity contribution in [2.45, 2.75) is 52.6 Å². The Labute approximate surface area is 200 Å². The summed E-state index contributed by atoms with van der Waals surface area (Å²) in [6.07, 6.45) is 0.830. The third-order valence-electron chi connectivity index (χ3n) is 6.59. The van der Waals surface area contributed by atoms with Gasteiger partial charge in [0.2, 0.25) is 0 Å². The van der Waals surface area contributed by atoms with E-state index in [0.717, 1.165) is 0 Å². The lowest BCUT2D eigenvalue weighted by atomic mass is 9.69. The Kier molecular flexibility index (Phi) is 7.69. The van der Waals surface area contributed by atoms with Crippen LogP contribution in [0.4, 0.5) is 0 Å². The van der Waals surface area contributed by atoms with Crippen molar-refractivity contribution in [3.63, 3.8) is 0 Å². The van der Waals surface area contributed by atoms with Crippen molar-refractivity contribution in [3.8, 4) is 11.5 Å². The molecule has 1 N–H and O–H groups in total. The summed E-state index contributed by atoms with van der Waals surface area (Å²) in [4.78, 5) is 39.6. The molecule has 0 saturated heterocycles. The molecule has 0 unspecified atom stereocenters. The Balaban J connectivity index is 2.21. The Morgan fingerprint density at radius 2 is 1.82 bits per heavy atom. The van der Waals surface area contributed by atoms with Gasteiger partial charge in [0.1, 0.15) is 5.92 Å². The third-order valence-corrected chi connectivity index (χ3v) is 6.59. The number of rotatable bonds is 7. The fraction of sp³-hybridized carbons (Fsp3) is 0.500. The molecule has 8 nitrogen and oxygen atoms in total. The SMILES string of the molecule is CC[C@H](C)OC(=O)C1=C(C)NC2=C(C(=O)[C@H](C(=O)OC)[C@H](C)C2)[C@@H]1c1ccc(OC)c(OC)c1. The van der Waals surface area contributed by atoms with Gasteiger partial charge in [0.05, 0.1) is 33.0 Å². The first-order valence-corrected chi connectivity index (χ1v) is 11.4. The Morgan fingerprint density at radius 1 is 1.15 bits per heavy atom. The smallest absolute Gasteiger partial charge is 0.337 e. The van der Waals surface area contributed by atoms with E-state index in [1.165, 1.54) is 21.3 Å². The van der Waals surface area contributed by atoms with Gasteiger partial charge in [-0.25, -0.2) is 4.79 Å². The Bertz CT molecular complexity index is 1060. The molecule has 0 saturated carbocycles. The molecule has 184 valence electrons. The second-order valence-electron chi connectivity index (χ2n) is 8.77. The van der Waals surface area contributed by atoms with E-state index in [9.17, 15) is 14.4 Å². The number of Topliss-reactive ketones (excluding diaryl/α,β-unsaturated/α-hetero) is 1. The second kappa shape index (κ2) is 10.3. The number of ketones is 1. The summed E-state index contributed by atoms with van der Waals surface area (Å²) in [5, 5.41) is 3.26. The normalized spacial score (nSPS) is 23.0. The third kappa shape index (κ3) is 4.54. The van der Waals surface area contributed by atoms with Gasteiger partial charge >= 0.3 is 11.9 Å². The van der Waals surface area contributed by atoms with Gasteiger partial charge < -0.3 is 24.3 Å². The van der Waals surface area contributed by atoms with E-state index in [1.807, 2.05) is 20.8 Å². The zero-order valence-corrected chi connectivity index (χ0v) is 20.8. The molecule has 4 atom stereocenters. The highest BCUT2D eigenvalue weighted by atomic mass is 16.5. The van der Waals surface area contributed by atoms with E-state index in [-0.39, 0.29) is 17.8 Å². The summed E-state index contributed by atoms with van der Waals surface area (Å²) in [5.74, 6) is -2.38. The lowest BCUT2D eigenvalue weighted by Crippen LogP contribution is -2.43. The summed E-state index contributed by atoms with van der Waals surface area (Å²) < 4.78 is 21.5. The van der Waals surface area contributed by atoms with Crippen LogP contribution in [0.1, 0.15) is 52.0 Å². The van der Waals surface area contributed by atoms with E-state index < -0.39 is 23.8 Å². The first-order chi connectivity index (χ1) is 16.2. The van der Waals surface area contributed by atoms with Crippen LogP contribution in [0.2, 0.25) is 0 Å². The molecule has 0 aromatic heterocycles. The average Bonchev–Trinajstić information content (AvgIpc) is 2.82. The van der Waals surface area contributed by atoms with E-state index in [0.29, 0.717) is 52.4 Å². The minimum atomic E-state index is -0.946. The van der Waals surface area contributed by atoms with E-state index in [1.54, 1.807) is 25.1 Å². The van der Waals surface area contributed by atoms with Gasteiger partial charge in [0.15, 0.2) is 17.3 Å². The predicted octanol–water partition coefficient (Wildman–Crippen LogP) is 3.66. The Morgan fingerprint density at radius 3 is 2.41 bits per heavy atom. The van der Waals surface area contributed by atoms with Crippen LogP contribution in [0.3, 0.4) is 0 Å². The molecule has 1 aromatic rings. The summed E-state index contributed by atoms with van der Waals surface area (Å²) in [6, 6.07) is 5.28. The van der Waals surface area contributed by atoms with Gasteiger partial charge in [-0.1, -0.05) is 19.9 Å². The molecular formula is C26H33NO7. The van der Waals surface area contributed by atoms with E-state index in [4.69, 9.17) is 18.9 Å². The quantitative estimate of drug-likeness (QED) is 0.475. The van der Waals surface area contributed by atoms with Crippen LogP contribution in [-0.4, -0.2) is 45.2 Å². The minimum absolute atomic E-state index is 0.251. The van der Waals surface area contributed by atoms with Gasteiger partial charge in [0.25, 0.3) is 0 Å². The maximum Gasteiger partial charge on any atom is 0.337 e.